The second-order valence-electron chi connectivity index (χ2n) is 3.97. The lowest BCUT2D eigenvalue weighted by molar-refractivity contribution is -0.203. The van der Waals surface area contributed by atoms with Gasteiger partial charge in [-0.25, -0.2) is 9.78 Å². The molecule has 20 heavy (non-hydrogen) atoms. The summed E-state index contributed by atoms with van der Waals surface area (Å²) in [5, 5.41) is 0. The van der Waals surface area contributed by atoms with Gasteiger partial charge in [-0.2, -0.15) is 4.57 Å². The fourth-order valence-corrected chi connectivity index (χ4v) is 2.00. The first kappa shape index (κ1) is 12.4. The van der Waals surface area contributed by atoms with Gasteiger partial charge < -0.3 is 0 Å². The van der Waals surface area contributed by atoms with Gasteiger partial charge in [-0.05, 0) is 24.3 Å². The molecule has 0 bridgehead atoms. The summed E-state index contributed by atoms with van der Waals surface area (Å²) >= 11 is 0. The summed E-state index contributed by atoms with van der Waals surface area (Å²) in [7, 11) is 0. The minimum Gasteiger partial charge on any atom is -0.265 e. The lowest BCUT2D eigenvalue weighted by Gasteiger charge is -2.05. The van der Waals surface area contributed by atoms with Crippen molar-refractivity contribution in [2.24, 2.45) is 0 Å². The zero-order chi connectivity index (χ0) is 14.3. The third kappa shape index (κ3) is 1.77. The fourth-order valence-electron chi connectivity index (χ4n) is 2.00. The van der Waals surface area contributed by atoms with Crippen molar-refractivity contribution < 1.29 is 13.2 Å². The largest absolute Gasteiger partial charge is 0.494 e. The molecule has 102 valence electrons. The predicted octanol–water partition coefficient (Wildman–Crippen LogP) is 2.06. The number of hydrogen-bond donors (Lipinski definition) is 0. The highest BCUT2D eigenvalue weighted by molar-refractivity contribution is 5.74. The highest BCUT2D eigenvalue weighted by Gasteiger charge is 2.37. The normalized spacial score (nSPS) is 11.9. The molecular weight excluding hydrogens is 273 g/mol. The van der Waals surface area contributed by atoms with Crippen molar-refractivity contribution in [1.29, 1.82) is 0 Å². The van der Waals surface area contributed by atoms with Gasteiger partial charge in [0.15, 0.2) is 5.65 Å². The van der Waals surface area contributed by atoms with E-state index in [1.807, 2.05) is 0 Å². The van der Waals surface area contributed by atoms with E-state index in [4.69, 9.17) is 0 Å². The van der Waals surface area contributed by atoms with Gasteiger partial charge in [-0.3, -0.25) is 9.55 Å². The van der Waals surface area contributed by atoms with Crippen LogP contribution in [0.1, 0.15) is 0 Å². The SMILES string of the molecule is O=c1n(-c2ccncc2)c2cccnc2n1C(F)(F)F. The van der Waals surface area contributed by atoms with Crippen LogP contribution in [0.5, 0.6) is 0 Å². The minimum absolute atomic E-state index is 0.0843. The molecule has 0 aliphatic carbocycles. The maximum atomic E-state index is 13.0. The van der Waals surface area contributed by atoms with E-state index in [-0.39, 0.29) is 10.1 Å². The quantitative estimate of drug-likeness (QED) is 0.685. The van der Waals surface area contributed by atoms with Crippen LogP contribution in [0.4, 0.5) is 13.2 Å². The maximum absolute atomic E-state index is 13.0. The highest BCUT2D eigenvalue weighted by Crippen LogP contribution is 2.25. The van der Waals surface area contributed by atoms with Crippen LogP contribution in [-0.4, -0.2) is 19.1 Å². The number of fused-ring (bicyclic) bond motifs is 1. The molecule has 0 atom stereocenters. The Morgan fingerprint density at radius 1 is 1.05 bits per heavy atom. The van der Waals surface area contributed by atoms with Crippen LogP contribution in [0.15, 0.2) is 47.7 Å². The van der Waals surface area contributed by atoms with Crippen LogP contribution in [0, 0.1) is 0 Å². The zero-order valence-corrected chi connectivity index (χ0v) is 9.87. The summed E-state index contributed by atoms with van der Waals surface area (Å²) in [6, 6.07) is 5.79. The Bertz CT molecular complexity index is 820. The van der Waals surface area contributed by atoms with Crippen LogP contribution in [0.3, 0.4) is 0 Å². The molecule has 3 aromatic heterocycles. The molecule has 0 spiro atoms. The van der Waals surface area contributed by atoms with E-state index in [1.54, 1.807) is 0 Å². The number of halogens is 3. The molecule has 0 aliphatic heterocycles. The molecule has 0 saturated heterocycles. The first-order valence-corrected chi connectivity index (χ1v) is 5.56. The van der Waals surface area contributed by atoms with Crippen molar-refractivity contribution in [1.82, 2.24) is 19.1 Å². The summed E-state index contributed by atoms with van der Waals surface area (Å²) in [6.07, 6.45) is -0.827. The Morgan fingerprint density at radius 2 is 1.75 bits per heavy atom. The van der Waals surface area contributed by atoms with Crippen molar-refractivity contribution in [3.63, 3.8) is 0 Å². The zero-order valence-electron chi connectivity index (χ0n) is 9.87. The second-order valence-corrected chi connectivity index (χ2v) is 3.97. The topological polar surface area (TPSA) is 52.7 Å². The maximum Gasteiger partial charge on any atom is 0.494 e. The van der Waals surface area contributed by atoms with E-state index >= 15 is 0 Å². The molecule has 0 amide bonds. The average molecular weight is 280 g/mol. The highest BCUT2D eigenvalue weighted by atomic mass is 19.4. The van der Waals surface area contributed by atoms with Gasteiger partial charge in [0.25, 0.3) is 0 Å². The van der Waals surface area contributed by atoms with Crippen molar-refractivity contribution >= 4 is 11.2 Å². The Balaban J connectivity index is 2.46. The first-order valence-electron chi connectivity index (χ1n) is 5.56. The Morgan fingerprint density at radius 3 is 2.40 bits per heavy atom. The van der Waals surface area contributed by atoms with E-state index < -0.39 is 17.6 Å². The summed E-state index contributed by atoms with van der Waals surface area (Å²) in [6.45, 7) is 0. The molecule has 0 saturated carbocycles. The van der Waals surface area contributed by atoms with Crippen LogP contribution < -0.4 is 5.69 Å². The molecule has 3 rings (SSSR count). The lowest BCUT2D eigenvalue weighted by atomic mass is 10.3. The van der Waals surface area contributed by atoms with Crippen LogP contribution in [0.25, 0.3) is 16.9 Å². The number of nitrogens with zero attached hydrogens (tertiary/aromatic N) is 4. The lowest BCUT2D eigenvalue weighted by Crippen LogP contribution is -2.31. The Kier molecular flexibility index (Phi) is 2.60. The van der Waals surface area contributed by atoms with E-state index in [2.05, 4.69) is 9.97 Å². The van der Waals surface area contributed by atoms with Crippen LogP contribution >= 0.6 is 0 Å². The predicted molar refractivity (Wildman–Crippen MR) is 64.4 cm³/mol. The summed E-state index contributed by atoms with van der Waals surface area (Å²) < 4.78 is 39.7. The standard InChI is InChI=1S/C12H7F3N4O/c13-12(14,15)19-10-9(2-1-5-17-10)18(11(19)20)8-3-6-16-7-4-8/h1-7H. The molecule has 0 aromatic carbocycles. The van der Waals surface area contributed by atoms with Crippen molar-refractivity contribution in [2.75, 3.05) is 0 Å². The number of rotatable bonds is 1. The molecular formula is C12H7F3N4O. The molecule has 3 heterocycles. The molecule has 5 nitrogen and oxygen atoms in total. The van der Waals surface area contributed by atoms with Crippen molar-refractivity contribution in [3.05, 3.63) is 53.3 Å². The number of aromatic nitrogens is 4. The van der Waals surface area contributed by atoms with Gasteiger partial charge in [0.2, 0.25) is 0 Å². The molecule has 0 fully saturated rings. The molecule has 3 aromatic rings. The Hall–Kier alpha value is -2.64. The molecule has 8 heteroatoms. The monoisotopic (exact) mass is 280 g/mol. The third-order valence-corrected chi connectivity index (χ3v) is 2.78. The fraction of sp³-hybridized carbons (Fsp3) is 0.0833. The van der Waals surface area contributed by atoms with E-state index in [0.29, 0.717) is 5.69 Å². The average Bonchev–Trinajstić information content (AvgIpc) is 2.71. The summed E-state index contributed by atoms with van der Waals surface area (Å²) in [4.78, 5) is 19.5. The summed E-state index contributed by atoms with van der Waals surface area (Å²) in [5.74, 6) is 0. The second kappa shape index (κ2) is 4.19. The molecule has 0 unspecified atom stereocenters. The van der Waals surface area contributed by atoms with Gasteiger partial charge in [-0.1, -0.05) is 0 Å². The minimum atomic E-state index is -4.83. The van der Waals surface area contributed by atoms with Gasteiger partial charge in [0.05, 0.1) is 11.2 Å². The number of hydrogen-bond acceptors (Lipinski definition) is 3. The third-order valence-electron chi connectivity index (χ3n) is 2.78. The van der Waals surface area contributed by atoms with Gasteiger partial charge >= 0.3 is 12.0 Å². The smallest absolute Gasteiger partial charge is 0.265 e. The van der Waals surface area contributed by atoms with E-state index in [1.165, 1.54) is 42.9 Å². The van der Waals surface area contributed by atoms with Crippen LogP contribution in [-0.2, 0) is 6.30 Å². The van der Waals surface area contributed by atoms with Crippen molar-refractivity contribution in [2.45, 2.75) is 6.30 Å². The van der Waals surface area contributed by atoms with Gasteiger partial charge in [0, 0.05) is 18.6 Å². The number of imidazole rings is 1. The molecule has 0 N–H and O–H groups in total. The number of alkyl halides is 3. The van der Waals surface area contributed by atoms with E-state index in [9.17, 15) is 18.0 Å². The van der Waals surface area contributed by atoms with Crippen molar-refractivity contribution in [3.8, 4) is 5.69 Å². The van der Waals surface area contributed by atoms with Crippen LogP contribution in [0.2, 0.25) is 0 Å². The van der Waals surface area contributed by atoms with Gasteiger partial charge in [0.1, 0.15) is 0 Å². The molecule has 0 radical (unpaired) electrons. The van der Waals surface area contributed by atoms with Gasteiger partial charge in [-0.15, -0.1) is 13.2 Å². The van der Waals surface area contributed by atoms with E-state index in [0.717, 1.165) is 4.57 Å². The Labute approximate surface area is 109 Å². The molecule has 0 aliphatic rings. The number of pyridine rings is 2. The first-order chi connectivity index (χ1) is 9.50. The summed E-state index contributed by atoms with van der Waals surface area (Å²) in [5.41, 5.74) is -1.26.